The van der Waals surface area contributed by atoms with Crippen LogP contribution < -0.4 is 5.32 Å². The molecule has 5 heteroatoms. The van der Waals surface area contributed by atoms with Gasteiger partial charge in [-0.25, -0.2) is 4.39 Å². The van der Waals surface area contributed by atoms with E-state index in [2.05, 4.69) is 28.2 Å². The number of nitrogens with one attached hydrogen (secondary N) is 1. The van der Waals surface area contributed by atoms with Crippen LogP contribution >= 0.6 is 15.9 Å². The molecule has 0 aromatic heterocycles. The molecular weight excluding hydrogens is 347 g/mol. The van der Waals surface area contributed by atoms with E-state index < -0.39 is 5.82 Å². The van der Waals surface area contributed by atoms with Crippen molar-refractivity contribution in [2.24, 2.45) is 5.92 Å². The van der Waals surface area contributed by atoms with Crippen LogP contribution in [0.15, 0.2) is 22.7 Å². The van der Waals surface area contributed by atoms with Crippen molar-refractivity contribution in [1.29, 1.82) is 0 Å². The van der Waals surface area contributed by atoms with Gasteiger partial charge < -0.3 is 10.2 Å². The van der Waals surface area contributed by atoms with E-state index in [0.717, 1.165) is 25.9 Å². The van der Waals surface area contributed by atoms with Crippen molar-refractivity contribution in [1.82, 2.24) is 10.2 Å². The van der Waals surface area contributed by atoms with Gasteiger partial charge >= 0.3 is 0 Å². The Morgan fingerprint density at radius 2 is 2.23 bits per heavy atom. The summed E-state index contributed by atoms with van der Waals surface area (Å²) in [4.78, 5) is 14.6. The molecule has 2 fully saturated rings. The van der Waals surface area contributed by atoms with Gasteiger partial charge in [-0.2, -0.15) is 0 Å². The zero-order chi connectivity index (χ0) is 15.7. The number of halogens is 2. The van der Waals surface area contributed by atoms with Crippen molar-refractivity contribution in [2.45, 2.75) is 44.7 Å². The standard InChI is InChI=1S/C17H22BrFN2O/c1-11(15-4-2-8-20-15)16-5-3-9-21(16)17(22)13-7-6-12(18)10-14(13)19/h6-7,10-11,15-16,20H,2-5,8-9H2,1H3/t11?,15-,16?/m0/s1. The Kier molecular flexibility index (Phi) is 4.83. The first-order valence-electron chi connectivity index (χ1n) is 8.07. The van der Waals surface area contributed by atoms with E-state index in [9.17, 15) is 9.18 Å². The van der Waals surface area contributed by atoms with E-state index in [1.807, 2.05) is 4.90 Å². The number of likely N-dealkylation sites (tertiary alicyclic amines) is 1. The first-order chi connectivity index (χ1) is 10.6. The first kappa shape index (κ1) is 15.9. The molecule has 1 aromatic rings. The maximum Gasteiger partial charge on any atom is 0.257 e. The smallest absolute Gasteiger partial charge is 0.257 e. The maximum atomic E-state index is 14.1. The van der Waals surface area contributed by atoms with Gasteiger partial charge in [0.25, 0.3) is 5.91 Å². The third-order valence-electron chi connectivity index (χ3n) is 5.06. The molecule has 2 aliphatic rings. The highest BCUT2D eigenvalue weighted by atomic mass is 79.9. The molecule has 0 radical (unpaired) electrons. The van der Waals surface area contributed by atoms with Crippen molar-refractivity contribution in [3.8, 4) is 0 Å². The molecule has 120 valence electrons. The lowest BCUT2D eigenvalue weighted by Gasteiger charge is -2.33. The van der Waals surface area contributed by atoms with Gasteiger partial charge in [-0.3, -0.25) is 4.79 Å². The van der Waals surface area contributed by atoms with Gasteiger partial charge in [-0.15, -0.1) is 0 Å². The minimum absolute atomic E-state index is 0.169. The van der Waals surface area contributed by atoms with Crippen LogP contribution in [0, 0.1) is 11.7 Å². The molecule has 3 atom stereocenters. The highest BCUT2D eigenvalue weighted by Gasteiger charge is 2.37. The molecule has 22 heavy (non-hydrogen) atoms. The highest BCUT2D eigenvalue weighted by molar-refractivity contribution is 9.10. The number of rotatable bonds is 3. The lowest BCUT2D eigenvalue weighted by molar-refractivity contribution is 0.0672. The molecule has 0 aliphatic carbocycles. The molecule has 1 aromatic carbocycles. The van der Waals surface area contributed by atoms with Crippen molar-refractivity contribution in [3.63, 3.8) is 0 Å². The summed E-state index contributed by atoms with van der Waals surface area (Å²) in [5, 5.41) is 3.53. The Labute approximate surface area is 139 Å². The molecule has 0 spiro atoms. The molecule has 2 aliphatic heterocycles. The predicted molar refractivity (Wildman–Crippen MR) is 88.3 cm³/mol. The third kappa shape index (κ3) is 3.06. The minimum Gasteiger partial charge on any atom is -0.335 e. The largest absolute Gasteiger partial charge is 0.335 e. The average Bonchev–Trinajstić information content (AvgIpc) is 3.17. The van der Waals surface area contributed by atoms with Gasteiger partial charge in [0.1, 0.15) is 5.82 Å². The summed E-state index contributed by atoms with van der Waals surface area (Å²) < 4.78 is 14.7. The maximum absolute atomic E-state index is 14.1. The van der Waals surface area contributed by atoms with Crippen LogP contribution in [0.3, 0.4) is 0 Å². The Morgan fingerprint density at radius 1 is 1.41 bits per heavy atom. The molecule has 1 N–H and O–H groups in total. The molecule has 2 heterocycles. The Hall–Kier alpha value is -0.940. The number of hydrogen-bond acceptors (Lipinski definition) is 2. The number of amides is 1. The molecule has 0 saturated carbocycles. The summed E-state index contributed by atoms with van der Waals surface area (Å²) in [7, 11) is 0. The van der Waals surface area contributed by atoms with Gasteiger partial charge in [-0.05, 0) is 56.3 Å². The fraction of sp³-hybridized carbons (Fsp3) is 0.588. The molecule has 3 rings (SSSR count). The lowest BCUT2D eigenvalue weighted by Crippen LogP contribution is -2.45. The zero-order valence-electron chi connectivity index (χ0n) is 12.8. The molecule has 2 unspecified atom stereocenters. The lowest BCUT2D eigenvalue weighted by atomic mass is 9.90. The molecule has 2 saturated heterocycles. The van der Waals surface area contributed by atoms with Crippen molar-refractivity contribution < 1.29 is 9.18 Å². The summed E-state index contributed by atoms with van der Waals surface area (Å²) in [5.74, 6) is -0.207. The van der Waals surface area contributed by atoms with Gasteiger partial charge in [0.15, 0.2) is 0 Å². The predicted octanol–water partition coefficient (Wildman–Crippen LogP) is 3.58. The number of benzene rings is 1. The third-order valence-corrected chi connectivity index (χ3v) is 5.55. The van der Waals surface area contributed by atoms with Crippen LogP contribution in [-0.2, 0) is 0 Å². The summed E-state index contributed by atoms with van der Waals surface area (Å²) in [6.07, 6.45) is 4.40. The molecule has 0 bridgehead atoms. The van der Waals surface area contributed by atoms with Gasteiger partial charge in [0, 0.05) is 23.1 Å². The Balaban J connectivity index is 1.78. The topological polar surface area (TPSA) is 32.3 Å². The number of nitrogens with zero attached hydrogens (tertiary/aromatic N) is 1. The average molecular weight is 369 g/mol. The zero-order valence-corrected chi connectivity index (χ0v) is 14.4. The van der Waals surface area contributed by atoms with Gasteiger partial charge in [-0.1, -0.05) is 22.9 Å². The van der Waals surface area contributed by atoms with E-state index in [-0.39, 0.29) is 17.5 Å². The van der Waals surface area contributed by atoms with Crippen LogP contribution in [0.25, 0.3) is 0 Å². The van der Waals surface area contributed by atoms with E-state index >= 15 is 0 Å². The second kappa shape index (κ2) is 6.67. The van der Waals surface area contributed by atoms with E-state index in [1.165, 1.54) is 18.9 Å². The second-order valence-corrected chi connectivity index (χ2v) is 7.31. The van der Waals surface area contributed by atoms with Crippen LogP contribution in [0.4, 0.5) is 4.39 Å². The van der Waals surface area contributed by atoms with Crippen LogP contribution in [0.5, 0.6) is 0 Å². The molecule has 3 nitrogen and oxygen atoms in total. The fourth-order valence-corrected chi connectivity index (χ4v) is 4.17. The normalized spacial score (nSPS) is 26.4. The summed E-state index contributed by atoms with van der Waals surface area (Å²) in [6, 6.07) is 5.36. The van der Waals surface area contributed by atoms with Gasteiger partial charge in [0.2, 0.25) is 0 Å². The van der Waals surface area contributed by atoms with Crippen molar-refractivity contribution in [3.05, 3.63) is 34.1 Å². The summed E-state index contributed by atoms with van der Waals surface area (Å²) in [5.41, 5.74) is 0.182. The Morgan fingerprint density at radius 3 is 2.91 bits per heavy atom. The van der Waals surface area contributed by atoms with E-state index in [0.29, 0.717) is 16.4 Å². The summed E-state index contributed by atoms with van der Waals surface area (Å²) >= 11 is 3.24. The molecule has 1 amide bonds. The van der Waals surface area contributed by atoms with E-state index in [1.54, 1.807) is 12.1 Å². The van der Waals surface area contributed by atoms with E-state index in [4.69, 9.17) is 0 Å². The second-order valence-electron chi connectivity index (χ2n) is 6.39. The number of carbonyl (C=O) groups excluding carboxylic acids is 1. The molecular formula is C17H22BrFN2O. The number of hydrogen-bond donors (Lipinski definition) is 1. The summed E-state index contributed by atoms with van der Waals surface area (Å²) in [6.45, 7) is 4.02. The SMILES string of the molecule is CC(C1CCCN1C(=O)c1ccc(Br)cc1F)[C@@H]1CCCN1. The van der Waals surface area contributed by atoms with Crippen LogP contribution in [-0.4, -0.2) is 36.0 Å². The Bertz CT molecular complexity index is 560. The highest BCUT2D eigenvalue weighted by Crippen LogP contribution is 2.30. The van der Waals surface area contributed by atoms with Crippen LogP contribution in [0.2, 0.25) is 0 Å². The van der Waals surface area contributed by atoms with Crippen LogP contribution in [0.1, 0.15) is 43.0 Å². The minimum atomic E-state index is -0.448. The van der Waals surface area contributed by atoms with Crippen molar-refractivity contribution in [2.75, 3.05) is 13.1 Å². The quantitative estimate of drug-likeness (QED) is 0.884. The monoisotopic (exact) mass is 368 g/mol. The fourth-order valence-electron chi connectivity index (χ4n) is 3.84. The number of carbonyl (C=O) groups is 1. The van der Waals surface area contributed by atoms with Crippen molar-refractivity contribution >= 4 is 21.8 Å². The first-order valence-corrected chi connectivity index (χ1v) is 8.86. The van der Waals surface area contributed by atoms with Gasteiger partial charge in [0.05, 0.1) is 5.56 Å².